The average Bonchev–Trinajstić information content (AvgIpc) is 3.32. The molecule has 136 valence electrons. The third kappa shape index (κ3) is 3.95. The van der Waals surface area contributed by atoms with Crippen molar-refractivity contribution in [3.05, 3.63) is 64.6 Å². The highest BCUT2D eigenvalue weighted by molar-refractivity contribution is 7.07. The fraction of sp³-hybridized carbons (Fsp3) is 0.263. The van der Waals surface area contributed by atoms with Crippen molar-refractivity contribution in [3.63, 3.8) is 0 Å². The number of rotatable bonds is 7. The molecule has 1 aromatic carbocycles. The molecule has 0 saturated heterocycles. The summed E-state index contributed by atoms with van der Waals surface area (Å²) in [7, 11) is 5.54. The smallest absolute Gasteiger partial charge is 0.275 e. The normalized spacial score (nSPS) is 12.2. The van der Waals surface area contributed by atoms with E-state index >= 15 is 0 Å². The number of nitrogens with zero attached hydrogens (tertiary/aromatic N) is 3. The molecule has 0 aliphatic carbocycles. The van der Waals surface area contributed by atoms with E-state index in [2.05, 4.69) is 26.8 Å². The van der Waals surface area contributed by atoms with E-state index in [1.54, 1.807) is 22.2 Å². The highest BCUT2D eigenvalue weighted by atomic mass is 32.1. The lowest BCUT2D eigenvalue weighted by molar-refractivity contribution is 0.0933. The highest BCUT2D eigenvalue weighted by Crippen LogP contribution is 2.22. The Bertz CT molecular complexity index is 844. The number of ether oxygens (including phenoxy) is 1. The number of methoxy groups -OCH3 is 1. The standard InChI is InChI=1S/C19H22N4O2S/c1-22(2)16(14-9-10-26-13-14)11-20-19(24)18-17(25-3)12-23(21-18)15-7-5-4-6-8-15/h4-10,12-13,16H,11H2,1-3H3,(H,20,24). The zero-order valence-corrected chi connectivity index (χ0v) is 15.9. The van der Waals surface area contributed by atoms with Crippen molar-refractivity contribution in [2.24, 2.45) is 0 Å². The Morgan fingerprint density at radius 3 is 2.69 bits per heavy atom. The van der Waals surface area contributed by atoms with Crippen LogP contribution in [0.2, 0.25) is 0 Å². The molecule has 1 N–H and O–H groups in total. The van der Waals surface area contributed by atoms with Crippen LogP contribution in [0.5, 0.6) is 5.75 Å². The van der Waals surface area contributed by atoms with Crippen LogP contribution in [-0.2, 0) is 0 Å². The van der Waals surface area contributed by atoms with Gasteiger partial charge >= 0.3 is 0 Å². The van der Waals surface area contributed by atoms with Crippen molar-refractivity contribution in [2.45, 2.75) is 6.04 Å². The molecule has 2 heterocycles. The molecule has 1 atom stereocenters. The van der Waals surface area contributed by atoms with Crippen LogP contribution in [-0.4, -0.2) is 48.3 Å². The van der Waals surface area contributed by atoms with Gasteiger partial charge in [-0.05, 0) is 48.6 Å². The van der Waals surface area contributed by atoms with E-state index in [-0.39, 0.29) is 17.6 Å². The number of nitrogens with one attached hydrogen (secondary N) is 1. The monoisotopic (exact) mass is 370 g/mol. The van der Waals surface area contributed by atoms with Gasteiger partial charge < -0.3 is 15.0 Å². The number of carbonyl (C=O) groups excluding carboxylic acids is 1. The van der Waals surface area contributed by atoms with Crippen LogP contribution in [0.15, 0.2) is 53.4 Å². The van der Waals surface area contributed by atoms with Gasteiger partial charge in [0.2, 0.25) is 0 Å². The van der Waals surface area contributed by atoms with Gasteiger partial charge in [-0.1, -0.05) is 18.2 Å². The first-order valence-electron chi connectivity index (χ1n) is 8.26. The number of aromatic nitrogens is 2. The predicted molar refractivity (Wildman–Crippen MR) is 103 cm³/mol. The number of likely N-dealkylation sites (N-methyl/N-ethyl adjacent to an activating group) is 1. The van der Waals surface area contributed by atoms with Crippen molar-refractivity contribution < 1.29 is 9.53 Å². The Hall–Kier alpha value is -2.64. The summed E-state index contributed by atoms with van der Waals surface area (Å²) in [5, 5.41) is 11.5. The van der Waals surface area contributed by atoms with Crippen LogP contribution in [0.3, 0.4) is 0 Å². The summed E-state index contributed by atoms with van der Waals surface area (Å²) in [6.45, 7) is 0.490. The second kappa shape index (κ2) is 8.16. The Kier molecular flexibility index (Phi) is 5.70. The van der Waals surface area contributed by atoms with E-state index in [9.17, 15) is 4.79 Å². The highest BCUT2D eigenvalue weighted by Gasteiger charge is 2.21. The average molecular weight is 370 g/mol. The number of carbonyl (C=O) groups is 1. The summed E-state index contributed by atoms with van der Waals surface area (Å²) < 4.78 is 6.99. The molecule has 3 rings (SSSR count). The minimum absolute atomic E-state index is 0.104. The topological polar surface area (TPSA) is 59.4 Å². The SMILES string of the molecule is COc1cn(-c2ccccc2)nc1C(=O)NCC(c1ccsc1)N(C)C. The van der Waals surface area contributed by atoms with Crippen molar-refractivity contribution in [3.8, 4) is 11.4 Å². The number of amides is 1. The van der Waals surface area contributed by atoms with Crippen LogP contribution in [0, 0.1) is 0 Å². The maximum Gasteiger partial charge on any atom is 0.275 e. The van der Waals surface area contributed by atoms with Gasteiger partial charge in [0.25, 0.3) is 5.91 Å². The van der Waals surface area contributed by atoms with E-state index in [0.717, 1.165) is 5.69 Å². The van der Waals surface area contributed by atoms with Gasteiger partial charge in [0.15, 0.2) is 11.4 Å². The van der Waals surface area contributed by atoms with Crippen molar-refractivity contribution >= 4 is 17.2 Å². The third-order valence-electron chi connectivity index (χ3n) is 4.14. The zero-order chi connectivity index (χ0) is 18.5. The molecular formula is C19H22N4O2S. The Labute approximate surface area is 157 Å². The van der Waals surface area contributed by atoms with Crippen LogP contribution in [0.1, 0.15) is 22.1 Å². The Morgan fingerprint density at radius 2 is 2.08 bits per heavy atom. The van der Waals surface area contributed by atoms with Crippen LogP contribution in [0.4, 0.5) is 0 Å². The number of hydrogen-bond donors (Lipinski definition) is 1. The molecule has 0 spiro atoms. The fourth-order valence-electron chi connectivity index (χ4n) is 2.71. The number of benzene rings is 1. The minimum Gasteiger partial charge on any atom is -0.493 e. The lowest BCUT2D eigenvalue weighted by Crippen LogP contribution is -2.34. The van der Waals surface area contributed by atoms with E-state index in [4.69, 9.17) is 4.74 Å². The van der Waals surface area contributed by atoms with Gasteiger partial charge in [0.05, 0.1) is 25.0 Å². The molecule has 0 saturated carbocycles. The molecule has 0 aliphatic heterocycles. The largest absolute Gasteiger partial charge is 0.493 e. The summed E-state index contributed by atoms with van der Waals surface area (Å²) in [6, 6.07) is 11.8. The van der Waals surface area contributed by atoms with Gasteiger partial charge in [0, 0.05) is 6.54 Å². The molecule has 0 radical (unpaired) electrons. The molecule has 0 fully saturated rings. The molecule has 7 heteroatoms. The van der Waals surface area contributed by atoms with Crippen LogP contribution >= 0.6 is 11.3 Å². The first kappa shape index (κ1) is 18.2. The molecule has 0 aliphatic rings. The maximum atomic E-state index is 12.7. The van der Waals surface area contributed by atoms with Gasteiger partial charge in [-0.15, -0.1) is 0 Å². The summed E-state index contributed by atoms with van der Waals surface area (Å²) >= 11 is 1.65. The van der Waals surface area contributed by atoms with Gasteiger partial charge in [-0.25, -0.2) is 4.68 Å². The lowest BCUT2D eigenvalue weighted by atomic mass is 10.1. The molecule has 0 bridgehead atoms. The van der Waals surface area contributed by atoms with E-state index in [1.807, 2.05) is 49.8 Å². The third-order valence-corrected chi connectivity index (χ3v) is 4.85. The summed E-state index contributed by atoms with van der Waals surface area (Å²) in [5.74, 6) is 0.196. The summed E-state index contributed by atoms with van der Waals surface area (Å²) in [6.07, 6.45) is 1.71. The number of thiophene rings is 1. The number of para-hydroxylation sites is 1. The van der Waals surface area contributed by atoms with Crippen LogP contribution < -0.4 is 10.1 Å². The van der Waals surface area contributed by atoms with Gasteiger partial charge in [0.1, 0.15) is 0 Å². The van der Waals surface area contributed by atoms with Gasteiger partial charge in [-0.3, -0.25) is 4.79 Å². The minimum atomic E-state index is -0.251. The zero-order valence-electron chi connectivity index (χ0n) is 15.0. The lowest BCUT2D eigenvalue weighted by Gasteiger charge is -2.23. The summed E-state index contributed by atoms with van der Waals surface area (Å²) in [4.78, 5) is 14.8. The van der Waals surface area contributed by atoms with Crippen molar-refractivity contribution in [2.75, 3.05) is 27.7 Å². The van der Waals surface area contributed by atoms with Crippen molar-refractivity contribution in [1.82, 2.24) is 20.0 Å². The molecule has 6 nitrogen and oxygen atoms in total. The van der Waals surface area contributed by atoms with Gasteiger partial charge in [-0.2, -0.15) is 16.4 Å². The molecule has 3 aromatic rings. The van der Waals surface area contributed by atoms with E-state index < -0.39 is 0 Å². The Morgan fingerprint density at radius 1 is 1.31 bits per heavy atom. The quantitative estimate of drug-likeness (QED) is 0.695. The van der Waals surface area contributed by atoms with E-state index in [1.165, 1.54) is 12.7 Å². The fourth-order valence-corrected chi connectivity index (χ4v) is 3.42. The maximum absolute atomic E-state index is 12.7. The van der Waals surface area contributed by atoms with Crippen LogP contribution in [0.25, 0.3) is 5.69 Å². The first-order chi connectivity index (χ1) is 12.6. The predicted octanol–water partition coefficient (Wildman–Crippen LogP) is 2.98. The first-order valence-corrected chi connectivity index (χ1v) is 9.20. The molecular weight excluding hydrogens is 348 g/mol. The Balaban J connectivity index is 1.76. The second-order valence-electron chi connectivity index (χ2n) is 6.07. The van der Waals surface area contributed by atoms with Crippen molar-refractivity contribution in [1.29, 1.82) is 0 Å². The summed E-state index contributed by atoms with van der Waals surface area (Å²) in [5.41, 5.74) is 2.33. The number of hydrogen-bond acceptors (Lipinski definition) is 5. The molecule has 1 unspecified atom stereocenters. The molecule has 2 aromatic heterocycles. The van der Waals surface area contributed by atoms with E-state index in [0.29, 0.717) is 12.3 Å². The molecule has 1 amide bonds. The second-order valence-corrected chi connectivity index (χ2v) is 6.85. The molecule has 26 heavy (non-hydrogen) atoms.